The summed E-state index contributed by atoms with van der Waals surface area (Å²) in [6, 6.07) is 6.65. The van der Waals surface area contributed by atoms with Crippen molar-refractivity contribution in [3.8, 4) is 0 Å². The van der Waals surface area contributed by atoms with Gasteiger partial charge in [-0.2, -0.15) is 0 Å². The summed E-state index contributed by atoms with van der Waals surface area (Å²) >= 11 is 1.88. The molecule has 2 aliphatic rings. The second-order valence-corrected chi connectivity index (χ2v) is 6.94. The molecule has 3 heteroatoms. The van der Waals surface area contributed by atoms with Crippen LogP contribution >= 0.6 is 11.3 Å². The van der Waals surface area contributed by atoms with Gasteiger partial charge in [-0.15, -0.1) is 11.3 Å². The molecule has 0 aromatic carbocycles. The van der Waals surface area contributed by atoms with Gasteiger partial charge in [0.15, 0.2) is 0 Å². The van der Waals surface area contributed by atoms with E-state index in [1.165, 1.54) is 50.1 Å². The van der Waals surface area contributed by atoms with Crippen LogP contribution in [-0.4, -0.2) is 36.1 Å². The summed E-state index contributed by atoms with van der Waals surface area (Å²) < 4.78 is 0. The Balaban J connectivity index is 1.47. The molecule has 3 atom stereocenters. The minimum Gasteiger partial charge on any atom is -0.311 e. The molecule has 2 saturated heterocycles. The lowest BCUT2D eigenvalue weighted by Crippen LogP contribution is -2.48. The molecule has 3 rings (SSSR count). The maximum absolute atomic E-state index is 3.85. The Kier molecular flexibility index (Phi) is 4.02. The Morgan fingerprint density at radius 2 is 2.39 bits per heavy atom. The Labute approximate surface area is 114 Å². The van der Waals surface area contributed by atoms with Crippen LogP contribution in [-0.2, 0) is 6.42 Å². The summed E-state index contributed by atoms with van der Waals surface area (Å²) in [4.78, 5) is 4.20. The summed E-state index contributed by atoms with van der Waals surface area (Å²) in [6.45, 7) is 5.00. The fraction of sp³-hybridized carbons (Fsp3) is 0.733. The molecule has 2 aliphatic heterocycles. The predicted molar refractivity (Wildman–Crippen MR) is 78.2 cm³/mol. The molecule has 3 heterocycles. The van der Waals surface area contributed by atoms with Crippen molar-refractivity contribution in [1.29, 1.82) is 0 Å². The van der Waals surface area contributed by atoms with Gasteiger partial charge in [0, 0.05) is 23.0 Å². The van der Waals surface area contributed by atoms with Crippen LogP contribution < -0.4 is 5.32 Å². The van der Waals surface area contributed by atoms with Crippen molar-refractivity contribution in [2.45, 2.75) is 57.2 Å². The molecule has 18 heavy (non-hydrogen) atoms. The van der Waals surface area contributed by atoms with E-state index in [-0.39, 0.29) is 0 Å². The maximum atomic E-state index is 3.85. The first-order valence-electron chi connectivity index (χ1n) is 7.34. The van der Waals surface area contributed by atoms with E-state index in [1.807, 2.05) is 11.3 Å². The topological polar surface area (TPSA) is 15.3 Å². The molecular weight excluding hydrogens is 240 g/mol. The normalized spacial score (nSPS) is 30.3. The Morgan fingerprint density at radius 3 is 3.22 bits per heavy atom. The van der Waals surface area contributed by atoms with Crippen LogP contribution in [0.3, 0.4) is 0 Å². The fourth-order valence-corrected chi connectivity index (χ4v) is 4.40. The maximum Gasteiger partial charge on any atom is 0.0111 e. The van der Waals surface area contributed by atoms with Crippen LogP contribution in [0.2, 0.25) is 0 Å². The molecule has 2 fully saturated rings. The van der Waals surface area contributed by atoms with E-state index in [1.54, 1.807) is 0 Å². The zero-order valence-corrected chi connectivity index (χ0v) is 12.1. The van der Waals surface area contributed by atoms with E-state index in [0.717, 1.165) is 12.1 Å². The number of rotatable bonds is 4. The summed E-state index contributed by atoms with van der Waals surface area (Å²) in [7, 11) is 0. The van der Waals surface area contributed by atoms with Crippen LogP contribution in [0.4, 0.5) is 0 Å². The van der Waals surface area contributed by atoms with E-state index >= 15 is 0 Å². The molecule has 2 nitrogen and oxygen atoms in total. The summed E-state index contributed by atoms with van der Waals surface area (Å²) in [5, 5.41) is 6.03. The van der Waals surface area contributed by atoms with Crippen LogP contribution in [0.5, 0.6) is 0 Å². The average molecular weight is 264 g/mol. The van der Waals surface area contributed by atoms with Crippen molar-refractivity contribution >= 4 is 11.3 Å². The molecule has 0 spiro atoms. The minimum atomic E-state index is 0.613. The molecule has 3 unspecified atom stereocenters. The molecule has 1 aromatic rings. The highest BCUT2D eigenvalue weighted by atomic mass is 32.1. The van der Waals surface area contributed by atoms with E-state index < -0.39 is 0 Å². The van der Waals surface area contributed by atoms with E-state index in [0.29, 0.717) is 6.04 Å². The van der Waals surface area contributed by atoms with Gasteiger partial charge in [0.2, 0.25) is 0 Å². The highest BCUT2D eigenvalue weighted by Crippen LogP contribution is 2.27. The predicted octanol–water partition coefficient (Wildman–Crippen LogP) is 2.90. The van der Waals surface area contributed by atoms with E-state index in [9.17, 15) is 0 Å². The van der Waals surface area contributed by atoms with Crippen LogP contribution in [0.15, 0.2) is 17.5 Å². The largest absolute Gasteiger partial charge is 0.311 e. The van der Waals surface area contributed by atoms with E-state index in [2.05, 4.69) is 34.7 Å². The minimum absolute atomic E-state index is 0.613. The molecule has 0 saturated carbocycles. The molecule has 100 valence electrons. The summed E-state index contributed by atoms with van der Waals surface area (Å²) in [5.41, 5.74) is 0. The van der Waals surface area contributed by atoms with Crippen molar-refractivity contribution in [2.75, 3.05) is 13.1 Å². The number of nitrogens with one attached hydrogen (secondary N) is 1. The number of hydrogen-bond donors (Lipinski definition) is 1. The summed E-state index contributed by atoms with van der Waals surface area (Å²) in [5.74, 6) is 0. The molecule has 0 radical (unpaired) electrons. The first kappa shape index (κ1) is 12.6. The molecule has 0 amide bonds. The number of piperidine rings is 1. The van der Waals surface area contributed by atoms with Crippen LogP contribution in [0, 0.1) is 0 Å². The van der Waals surface area contributed by atoms with Gasteiger partial charge >= 0.3 is 0 Å². The van der Waals surface area contributed by atoms with E-state index in [4.69, 9.17) is 0 Å². The number of fused-ring (bicyclic) bond motifs is 1. The van der Waals surface area contributed by atoms with Gasteiger partial charge in [-0.3, -0.25) is 0 Å². The lowest BCUT2D eigenvalue weighted by Gasteiger charge is -2.36. The molecular formula is C15H24N2S. The first-order chi connectivity index (χ1) is 8.81. The van der Waals surface area contributed by atoms with Crippen molar-refractivity contribution in [3.63, 3.8) is 0 Å². The fourth-order valence-electron chi connectivity index (χ4n) is 3.57. The van der Waals surface area contributed by atoms with Gasteiger partial charge in [0.05, 0.1) is 0 Å². The highest BCUT2D eigenvalue weighted by Gasteiger charge is 2.31. The van der Waals surface area contributed by atoms with Crippen LogP contribution in [0.1, 0.15) is 37.5 Å². The van der Waals surface area contributed by atoms with Crippen molar-refractivity contribution < 1.29 is 0 Å². The van der Waals surface area contributed by atoms with Gasteiger partial charge in [-0.1, -0.05) is 6.07 Å². The second kappa shape index (κ2) is 5.72. The monoisotopic (exact) mass is 264 g/mol. The number of thiophene rings is 1. The SMILES string of the molecule is CC(Cc1cccs1)NC1CCN2CCCC2C1. The second-order valence-electron chi connectivity index (χ2n) is 5.90. The lowest BCUT2D eigenvalue weighted by molar-refractivity contribution is 0.162. The molecule has 0 aliphatic carbocycles. The first-order valence-corrected chi connectivity index (χ1v) is 8.21. The third-order valence-electron chi connectivity index (χ3n) is 4.43. The number of hydrogen-bond acceptors (Lipinski definition) is 3. The summed E-state index contributed by atoms with van der Waals surface area (Å²) in [6.07, 6.45) is 6.74. The lowest BCUT2D eigenvalue weighted by atomic mass is 9.96. The number of nitrogens with zero attached hydrogens (tertiary/aromatic N) is 1. The average Bonchev–Trinajstić information content (AvgIpc) is 2.98. The standard InChI is InChI=1S/C15H24N2S/c1-12(10-15-5-3-9-18-15)16-13-6-8-17-7-2-4-14(17)11-13/h3,5,9,12-14,16H,2,4,6-8,10-11H2,1H3. The molecule has 1 N–H and O–H groups in total. The third kappa shape index (κ3) is 2.95. The van der Waals surface area contributed by atoms with Crippen LogP contribution in [0.25, 0.3) is 0 Å². The van der Waals surface area contributed by atoms with Crippen molar-refractivity contribution in [3.05, 3.63) is 22.4 Å². The zero-order chi connectivity index (χ0) is 12.4. The van der Waals surface area contributed by atoms with Gasteiger partial charge < -0.3 is 10.2 Å². The Morgan fingerprint density at radius 1 is 1.44 bits per heavy atom. The molecule has 0 bridgehead atoms. The Hall–Kier alpha value is -0.380. The molecule has 1 aromatic heterocycles. The van der Waals surface area contributed by atoms with Gasteiger partial charge in [0.1, 0.15) is 0 Å². The third-order valence-corrected chi connectivity index (χ3v) is 5.33. The van der Waals surface area contributed by atoms with Gasteiger partial charge in [0.25, 0.3) is 0 Å². The van der Waals surface area contributed by atoms with Gasteiger partial charge in [-0.25, -0.2) is 0 Å². The zero-order valence-electron chi connectivity index (χ0n) is 11.3. The highest BCUT2D eigenvalue weighted by molar-refractivity contribution is 7.09. The Bertz CT molecular complexity index is 363. The van der Waals surface area contributed by atoms with Crippen molar-refractivity contribution in [1.82, 2.24) is 10.2 Å². The van der Waals surface area contributed by atoms with Crippen molar-refractivity contribution in [2.24, 2.45) is 0 Å². The van der Waals surface area contributed by atoms with Gasteiger partial charge in [-0.05, 0) is 63.6 Å². The smallest absolute Gasteiger partial charge is 0.0111 e. The quantitative estimate of drug-likeness (QED) is 0.899.